The Morgan fingerprint density at radius 2 is 2.00 bits per heavy atom. The highest BCUT2D eigenvalue weighted by Gasteiger charge is 2.29. The molecule has 2 aromatic rings. The van der Waals surface area contributed by atoms with E-state index in [-0.39, 0.29) is 17.9 Å². The van der Waals surface area contributed by atoms with Gasteiger partial charge in [-0.2, -0.15) is 5.06 Å². The van der Waals surface area contributed by atoms with Crippen LogP contribution in [0.4, 0.5) is 14.5 Å². The van der Waals surface area contributed by atoms with Crippen molar-refractivity contribution in [2.45, 2.75) is 12.5 Å². The molecule has 1 atom stereocenters. The summed E-state index contributed by atoms with van der Waals surface area (Å²) in [5.41, 5.74) is 6.49. The van der Waals surface area contributed by atoms with E-state index in [4.69, 9.17) is 10.5 Å². The van der Waals surface area contributed by atoms with E-state index in [9.17, 15) is 18.8 Å². The zero-order valence-electron chi connectivity index (χ0n) is 11.3. The fraction of sp³-hybridized carbons (Fsp3) is 0.133. The lowest BCUT2D eigenvalue weighted by atomic mass is 9.99. The van der Waals surface area contributed by atoms with Crippen molar-refractivity contribution in [3.63, 3.8) is 0 Å². The molecular weight excluding hydrogens is 294 g/mol. The molecule has 22 heavy (non-hydrogen) atoms. The van der Waals surface area contributed by atoms with E-state index < -0.39 is 23.6 Å². The van der Waals surface area contributed by atoms with Crippen LogP contribution in [0.25, 0.3) is 0 Å². The summed E-state index contributed by atoms with van der Waals surface area (Å²) < 4.78 is 32.0. The summed E-state index contributed by atoms with van der Waals surface area (Å²) in [6, 6.07) is 6.44. The number of anilines is 1. The highest BCUT2D eigenvalue weighted by Crippen LogP contribution is 2.32. The van der Waals surface area contributed by atoms with E-state index >= 15 is 0 Å². The lowest BCUT2D eigenvalue weighted by Crippen LogP contribution is -2.47. The topological polar surface area (TPSA) is 75.8 Å². The van der Waals surface area contributed by atoms with E-state index in [0.29, 0.717) is 16.3 Å². The van der Waals surface area contributed by atoms with Gasteiger partial charge >= 0.3 is 0 Å². The van der Waals surface area contributed by atoms with Gasteiger partial charge in [0.25, 0.3) is 5.91 Å². The van der Waals surface area contributed by atoms with Crippen LogP contribution in [-0.4, -0.2) is 17.2 Å². The smallest absolute Gasteiger partial charge is 0.267 e. The van der Waals surface area contributed by atoms with Crippen LogP contribution in [0.5, 0.6) is 11.5 Å². The van der Waals surface area contributed by atoms with Gasteiger partial charge in [0, 0.05) is 6.07 Å². The number of hydrogen-bond donors (Lipinski definition) is 2. The van der Waals surface area contributed by atoms with Gasteiger partial charge in [0.05, 0.1) is 11.7 Å². The minimum atomic E-state index is -0.862. The molecule has 0 bridgehead atoms. The number of halogens is 2. The predicted octanol–water partition coefficient (Wildman–Crippen LogP) is 2.36. The fourth-order valence-corrected chi connectivity index (χ4v) is 2.28. The van der Waals surface area contributed by atoms with Crippen LogP contribution >= 0.6 is 0 Å². The van der Waals surface area contributed by atoms with Gasteiger partial charge < -0.3 is 10.5 Å². The van der Waals surface area contributed by atoms with Gasteiger partial charge in [-0.3, -0.25) is 10.0 Å². The Hall–Kier alpha value is -2.51. The second kappa shape index (κ2) is 5.36. The first-order valence-electron chi connectivity index (χ1n) is 6.50. The molecule has 0 radical (unpaired) electrons. The van der Waals surface area contributed by atoms with E-state index in [2.05, 4.69) is 0 Å². The summed E-state index contributed by atoms with van der Waals surface area (Å²) in [5.74, 6) is -1.93. The zero-order chi connectivity index (χ0) is 15.9. The lowest BCUT2D eigenvalue weighted by Gasteiger charge is -2.27. The summed E-state index contributed by atoms with van der Waals surface area (Å²) in [5, 5.41) is 10.2. The average molecular weight is 306 g/mol. The Morgan fingerprint density at radius 1 is 1.23 bits per heavy atom. The quantitative estimate of drug-likeness (QED) is 0.835. The maximum atomic E-state index is 13.6. The molecule has 0 aromatic heterocycles. The minimum absolute atomic E-state index is 0.216. The summed E-state index contributed by atoms with van der Waals surface area (Å²) in [6.07, 6.45) is 0.216. The van der Waals surface area contributed by atoms with Gasteiger partial charge in [0.2, 0.25) is 0 Å². The number of hydroxylamine groups is 1. The second-order valence-electron chi connectivity index (χ2n) is 4.93. The molecular formula is C15H12F2N2O3. The first-order valence-corrected chi connectivity index (χ1v) is 6.50. The standard InChI is InChI=1S/C15H12F2N2O3/c16-9-1-3-11(17)14(7-9)22-10-2-4-13-8(5-10)6-12(18)15(20)19(13)21/h1-5,7,12,21H,6,18H2. The first-order chi connectivity index (χ1) is 10.5. The lowest BCUT2D eigenvalue weighted by molar-refractivity contribution is -0.125. The third-order valence-electron chi connectivity index (χ3n) is 3.37. The third kappa shape index (κ3) is 2.51. The van der Waals surface area contributed by atoms with Crippen LogP contribution in [0.3, 0.4) is 0 Å². The van der Waals surface area contributed by atoms with Gasteiger partial charge in [-0.1, -0.05) is 0 Å². The monoisotopic (exact) mass is 306 g/mol. The SMILES string of the molecule is NC1Cc2cc(Oc3cc(F)ccc3F)ccc2N(O)C1=O. The van der Waals surface area contributed by atoms with Gasteiger partial charge in [0.15, 0.2) is 11.6 Å². The summed E-state index contributed by atoms with van der Waals surface area (Å²) >= 11 is 0. The number of fused-ring (bicyclic) bond motifs is 1. The Kier molecular flexibility index (Phi) is 3.51. The van der Waals surface area contributed by atoms with Crippen LogP contribution in [0.2, 0.25) is 0 Å². The number of nitrogens with two attached hydrogens (primary N) is 1. The molecule has 1 heterocycles. The van der Waals surface area contributed by atoms with Crippen molar-refractivity contribution in [1.82, 2.24) is 0 Å². The van der Waals surface area contributed by atoms with Gasteiger partial charge in [-0.15, -0.1) is 0 Å². The summed E-state index contributed by atoms with van der Waals surface area (Å²) in [6.45, 7) is 0. The highest BCUT2D eigenvalue weighted by atomic mass is 19.1. The zero-order valence-corrected chi connectivity index (χ0v) is 11.3. The van der Waals surface area contributed by atoms with Crippen LogP contribution in [0.15, 0.2) is 36.4 Å². The van der Waals surface area contributed by atoms with Crippen molar-refractivity contribution in [1.29, 1.82) is 0 Å². The van der Waals surface area contributed by atoms with Gasteiger partial charge in [-0.05, 0) is 42.3 Å². The maximum absolute atomic E-state index is 13.6. The largest absolute Gasteiger partial charge is 0.454 e. The van der Waals surface area contributed by atoms with E-state index in [1.54, 1.807) is 0 Å². The molecule has 0 aliphatic carbocycles. The fourth-order valence-electron chi connectivity index (χ4n) is 2.28. The molecule has 0 fully saturated rings. The molecule has 1 amide bonds. The van der Waals surface area contributed by atoms with Crippen molar-refractivity contribution in [3.05, 3.63) is 53.6 Å². The van der Waals surface area contributed by atoms with Gasteiger partial charge in [0.1, 0.15) is 11.6 Å². The minimum Gasteiger partial charge on any atom is -0.454 e. The molecule has 1 aliphatic rings. The van der Waals surface area contributed by atoms with Crippen LogP contribution in [-0.2, 0) is 11.2 Å². The molecule has 7 heteroatoms. The Labute approximate surface area is 124 Å². The number of hydrogen-bond acceptors (Lipinski definition) is 4. The second-order valence-corrected chi connectivity index (χ2v) is 4.93. The molecule has 2 aromatic carbocycles. The predicted molar refractivity (Wildman–Crippen MR) is 73.8 cm³/mol. The maximum Gasteiger partial charge on any atom is 0.267 e. The Bertz CT molecular complexity index is 752. The number of nitrogens with zero attached hydrogens (tertiary/aromatic N) is 1. The highest BCUT2D eigenvalue weighted by molar-refractivity contribution is 5.98. The van der Waals surface area contributed by atoms with Crippen molar-refractivity contribution in [3.8, 4) is 11.5 Å². The number of rotatable bonds is 2. The van der Waals surface area contributed by atoms with Crippen molar-refractivity contribution < 1.29 is 23.5 Å². The number of amides is 1. The molecule has 0 spiro atoms. The van der Waals surface area contributed by atoms with E-state index in [0.717, 1.165) is 18.2 Å². The van der Waals surface area contributed by atoms with Crippen LogP contribution in [0.1, 0.15) is 5.56 Å². The number of carbonyl (C=O) groups excluding carboxylic acids is 1. The number of benzene rings is 2. The molecule has 0 saturated heterocycles. The molecule has 5 nitrogen and oxygen atoms in total. The third-order valence-corrected chi connectivity index (χ3v) is 3.37. The van der Waals surface area contributed by atoms with Crippen molar-refractivity contribution in [2.75, 3.05) is 5.06 Å². The summed E-state index contributed by atoms with van der Waals surface area (Å²) in [4.78, 5) is 11.6. The normalized spacial score (nSPS) is 17.4. The molecule has 1 unspecified atom stereocenters. The molecule has 1 aliphatic heterocycles. The average Bonchev–Trinajstić information content (AvgIpc) is 2.48. The molecule has 114 valence electrons. The summed E-state index contributed by atoms with van der Waals surface area (Å²) in [7, 11) is 0. The first kappa shape index (κ1) is 14.4. The van der Waals surface area contributed by atoms with E-state index in [1.807, 2.05) is 0 Å². The van der Waals surface area contributed by atoms with Crippen LogP contribution in [0, 0.1) is 11.6 Å². The number of carbonyl (C=O) groups is 1. The van der Waals surface area contributed by atoms with Gasteiger partial charge in [-0.25, -0.2) is 8.78 Å². The Morgan fingerprint density at radius 3 is 2.77 bits per heavy atom. The molecule has 3 N–H and O–H groups in total. The molecule has 0 saturated carbocycles. The van der Waals surface area contributed by atoms with Crippen LogP contribution < -0.4 is 15.5 Å². The van der Waals surface area contributed by atoms with Crippen molar-refractivity contribution in [2.24, 2.45) is 5.73 Å². The Balaban J connectivity index is 1.93. The van der Waals surface area contributed by atoms with E-state index in [1.165, 1.54) is 18.2 Å². The molecule has 3 rings (SSSR count). The number of ether oxygens (including phenoxy) is 1. The van der Waals surface area contributed by atoms with Crippen molar-refractivity contribution >= 4 is 11.6 Å².